The highest BCUT2D eigenvalue weighted by molar-refractivity contribution is 5.94. The van der Waals surface area contributed by atoms with Crippen molar-refractivity contribution in [1.29, 1.82) is 0 Å². The molecule has 1 N–H and O–H groups in total. The first-order valence-electron chi connectivity index (χ1n) is 10.9. The second-order valence-electron chi connectivity index (χ2n) is 8.82. The van der Waals surface area contributed by atoms with Gasteiger partial charge in [-0.1, -0.05) is 13.8 Å². The van der Waals surface area contributed by atoms with Gasteiger partial charge in [0, 0.05) is 62.5 Å². The summed E-state index contributed by atoms with van der Waals surface area (Å²) in [7, 11) is 0. The lowest BCUT2D eigenvalue weighted by atomic mass is 10.1. The van der Waals surface area contributed by atoms with Crippen molar-refractivity contribution in [2.75, 3.05) is 32.7 Å². The van der Waals surface area contributed by atoms with Crippen LogP contribution in [0.4, 0.5) is 0 Å². The number of rotatable bonds is 7. The van der Waals surface area contributed by atoms with E-state index in [1.807, 2.05) is 35.4 Å². The van der Waals surface area contributed by atoms with E-state index in [-0.39, 0.29) is 17.7 Å². The number of carbonyl (C=O) groups excluding carboxylic acids is 2. The molecule has 2 fully saturated rings. The predicted octanol–water partition coefficient (Wildman–Crippen LogP) is 2.31. The van der Waals surface area contributed by atoms with Gasteiger partial charge < -0.3 is 10.2 Å². The number of aromatic nitrogens is 2. The SMILES string of the molecule is CC(C)CN1CCN(C(=O)c2ccc(-n3cc(CNC(=O)C4CC4)cn3)cc2)CC1. The average molecular weight is 410 g/mol. The van der Waals surface area contributed by atoms with Crippen LogP contribution in [-0.2, 0) is 11.3 Å². The molecule has 1 aliphatic carbocycles. The smallest absolute Gasteiger partial charge is 0.253 e. The van der Waals surface area contributed by atoms with Gasteiger partial charge in [-0.2, -0.15) is 5.10 Å². The minimum Gasteiger partial charge on any atom is -0.352 e. The van der Waals surface area contributed by atoms with Crippen LogP contribution in [0.1, 0.15) is 42.6 Å². The Kier molecular flexibility index (Phi) is 6.18. The third-order valence-corrected chi connectivity index (χ3v) is 5.71. The number of nitrogens with one attached hydrogen (secondary N) is 1. The first kappa shape index (κ1) is 20.6. The quantitative estimate of drug-likeness (QED) is 0.762. The van der Waals surface area contributed by atoms with E-state index >= 15 is 0 Å². The molecule has 0 atom stereocenters. The van der Waals surface area contributed by atoms with E-state index in [4.69, 9.17) is 0 Å². The number of amides is 2. The zero-order valence-corrected chi connectivity index (χ0v) is 17.9. The summed E-state index contributed by atoms with van der Waals surface area (Å²) < 4.78 is 1.78. The van der Waals surface area contributed by atoms with Gasteiger partial charge in [-0.15, -0.1) is 0 Å². The van der Waals surface area contributed by atoms with Gasteiger partial charge in [0.05, 0.1) is 11.9 Å². The average Bonchev–Trinajstić information content (AvgIpc) is 3.50. The molecule has 0 bridgehead atoms. The van der Waals surface area contributed by atoms with Crippen molar-refractivity contribution in [3.63, 3.8) is 0 Å². The van der Waals surface area contributed by atoms with Gasteiger partial charge in [0.2, 0.25) is 5.91 Å². The molecule has 1 aromatic carbocycles. The summed E-state index contributed by atoms with van der Waals surface area (Å²) in [5, 5.41) is 7.34. The van der Waals surface area contributed by atoms with Gasteiger partial charge in [-0.3, -0.25) is 14.5 Å². The van der Waals surface area contributed by atoms with Crippen molar-refractivity contribution in [3.8, 4) is 5.69 Å². The van der Waals surface area contributed by atoms with Crippen LogP contribution in [0, 0.1) is 11.8 Å². The van der Waals surface area contributed by atoms with Gasteiger partial charge in [0.1, 0.15) is 0 Å². The summed E-state index contributed by atoms with van der Waals surface area (Å²) in [4.78, 5) is 29.0. The van der Waals surface area contributed by atoms with Crippen LogP contribution in [0.2, 0.25) is 0 Å². The van der Waals surface area contributed by atoms with Crippen molar-refractivity contribution in [1.82, 2.24) is 24.9 Å². The Morgan fingerprint density at radius 1 is 1.10 bits per heavy atom. The Morgan fingerprint density at radius 3 is 2.43 bits per heavy atom. The number of hydrogen-bond acceptors (Lipinski definition) is 4. The van der Waals surface area contributed by atoms with E-state index in [0.717, 1.165) is 56.8 Å². The molecular formula is C23H31N5O2. The van der Waals surface area contributed by atoms with E-state index in [2.05, 4.69) is 29.2 Å². The fourth-order valence-corrected chi connectivity index (χ4v) is 3.86. The van der Waals surface area contributed by atoms with Crippen molar-refractivity contribution in [2.45, 2.75) is 33.2 Å². The highest BCUT2D eigenvalue weighted by Gasteiger charge is 2.29. The molecule has 2 aliphatic rings. The molecule has 1 aliphatic heterocycles. The van der Waals surface area contributed by atoms with Crippen molar-refractivity contribution in [2.24, 2.45) is 11.8 Å². The van der Waals surface area contributed by atoms with Crippen LogP contribution in [0.3, 0.4) is 0 Å². The highest BCUT2D eigenvalue weighted by Crippen LogP contribution is 2.28. The zero-order chi connectivity index (χ0) is 21.1. The summed E-state index contributed by atoms with van der Waals surface area (Å²) in [6.45, 7) is 9.48. The highest BCUT2D eigenvalue weighted by atomic mass is 16.2. The first-order valence-corrected chi connectivity index (χ1v) is 10.9. The summed E-state index contributed by atoms with van der Waals surface area (Å²) in [6.07, 6.45) is 5.69. The number of carbonyl (C=O) groups is 2. The topological polar surface area (TPSA) is 70.5 Å². The van der Waals surface area contributed by atoms with Gasteiger partial charge in [0.25, 0.3) is 5.91 Å². The van der Waals surface area contributed by atoms with E-state index in [1.165, 1.54) is 0 Å². The van der Waals surface area contributed by atoms with Crippen molar-refractivity contribution >= 4 is 11.8 Å². The minimum absolute atomic E-state index is 0.0923. The van der Waals surface area contributed by atoms with Crippen LogP contribution in [0.25, 0.3) is 5.69 Å². The van der Waals surface area contributed by atoms with E-state index in [0.29, 0.717) is 18.0 Å². The summed E-state index contributed by atoms with van der Waals surface area (Å²) in [6, 6.07) is 7.58. The second kappa shape index (κ2) is 9.00. The van der Waals surface area contributed by atoms with E-state index in [9.17, 15) is 9.59 Å². The Hall–Kier alpha value is -2.67. The first-order chi connectivity index (χ1) is 14.5. The summed E-state index contributed by atoms with van der Waals surface area (Å²) in [5.74, 6) is 1.09. The lowest BCUT2D eigenvalue weighted by molar-refractivity contribution is -0.122. The number of benzene rings is 1. The van der Waals surface area contributed by atoms with Crippen LogP contribution >= 0.6 is 0 Å². The van der Waals surface area contributed by atoms with Crippen LogP contribution in [0.5, 0.6) is 0 Å². The van der Waals surface area contributed by atoms with Gasteiger partial charge in [-0.05, 0) is 43.0 Å². The Labute approximate surface area is 178 Å². The van der Waals surface area contributed by atoms with Crippen molar-refractivity contribution in [3.05, 3.63) is 47.8 Å². The predicted molar refractivity (Wildman–Crippen MR) is 115 cm³/mol. The summed E-state index contributed by atoms with van der Waals surface area (Å²) in [5.41, 5.74) is 2.57. The third kappa shape index (κ3) is 5.08. The molecule has 1 saturated carbocycles. The third-order valence-electron chi connectivity index (χ3n) is 5.71. The van der Waals surface area contributed by atoms with E-state index in [1.54, 1.807) is 10.9 Å². The van der Waals surface area contributed by atoms with E-state index < -0.39 is 0 Å². The van der Waals surface area contributed by atoms with Crippen LogP contribution < -0.4 is 5.32 Å². The molecule has 1 aromatic heterocycles. The maximum atomic E-state index is 12.8. The largest absolute Gasteiger partial charge is 0.352 e. The normalized spacial score (nSPS) is 17.4. The minimum atomic E-state index is 0.0923. The molecule has 160 valence electrons. The standard InChI is InChI=1S/C23H31N5O2/c1-17(2)15-26-9-11-27(12-10-26)23(30)20-5-7-21(8-6-20)28-16-18(14-25-28)13-24-22(29)19-3-4-19/h5-8,14,16-17,19H,3-4,9-13,15H2,1-2H3,(H,24,29). The molecule has 30 heavy (non-hydrogen) atoms. The molecular weight excluding hydrogens is 378 g/mol. The maximum Gasteiger partial charge on any atom is 0.253 e. The molecule has 2 heterocycles. The lowest BCUT2D eigenvalue weighted by Crippen LogP contribution is -2.49. The molecule has 4 rings (SSSR count). The molecule has 0 unspecified atom stereocenters. The monoisotopic (exact) mass is 409 g/mol. The van der Waals surface area contributed by atoms with Crippen LogP contribution in [-0.4, -0.2) is 64.1 Å². The van der Waals surface area contributed by atoms with Crippen molar-refractivity contribution < 1.29 is 9.59 Å². The fraction of sp³-hybridized carbons (Fsp3) is 0.522. The number of hydrogen-bond donors (Lipinski definition) is 1. The second-order valence-corrected chi connectivity index (χ2v) is 8.82. The summed E-state index contributed by atoms with van der Waals surface area (Å²) >= 11 is 0. The molecule has 0 spiro atoms. The molecule has 0 radical (unpaired) electrons. The fourth-order valence-electron chi connectivity index (χ4n) is 3.86. The number of nitrogens with zero attached hydrogens (tertiary/aromatic N) is 4. The molecule has 2 amide bonds. The molecule has 7 nitrogen and oxygen atoms in total. The van der Waals surface area contributed by atoms with Gasteiger partial charge in [-0.25, -0.2) is 4.68 Å². The maximum absolute atomic E-state index is 12.8. The Balaban J connectivity index is 1.31. The molecule has 2 aromatic rings. The van der Waals surface area contributed by atoms with Crippen LogP contribution in [0.15, 0.2) is 36.7 Å². The number of piperazine rings is 1. The van der Waals surface area contributed by atoms with Gasteiger partial charge >= 0.3 is 0 Å². The Morgan fingerprint density at radius 2 is 1.80 bits per heavy atom. The molecule has 7 heteroatoms. The van der Waals surface area contributed by atoms with Gasteiger partial charge in [0.15, 0.2) is 0 Å². The molecule has 1 saturated heterocycles. The zero-order valence-electron chi connectivity index (χ0n) is 17.9. The lowest BCUT2D eigenvalue weighted by Gasteiger charge is -2.35. The Bertz CT molecular complexity index is 877.